The van der Waals surface area contributed by atoms with Crippen molar-refractivity contribution < 1.29 is 4.90 Å². The van der Waals surface area contributed by atoms with E-state index in [4.69, 9.17) is 0 Å². The van der Waals surface area contributed by atoms with Crippen molar-refractivity contribution >= 4 is 0 Å². The largest absolute Gasteiger partial charge is 0.327 e. The molecule has 0 amide bonds. The van der Waals surface area contributed by atoms with Crippen LogP contribution in [0.5, 0.6) is 0 Å². The van der Waals surface area contributed by atoms with E-state index in [2.05, 4.69) is 102 Å². The summed E-state index contributed by atoms with van der Waals surface area (Å²) >= 11 is 0. The summed E-state index contributed by atoms with van der Waals surface area (Å²) in [5, 5.41) is 13.0. The standard InChI is InChI=1S/C23H23N5/c1-27(2)22(20-16-10-5-11-17-20)23-24-25-26-28(23)21(18-12-6-3-7-13-18)19-14-8-4-9-15-19/h3-17,21-22H,1-2H3/p+1/t22-/m1/s1. The van der Waals surface area contributed by atoms with Crippen LogP contribution in [0, 0.1) is 0 Å². The zero-order valence-electron chi connectivity index (χ0n) is 16.1. The second kappa shape index (κ2) is 8.15. The maximum Gasteiger partial charge on any atom is 0.215 e. The van der Waals surface area contributed by atoms with Crippen LogP contribution >= 0.6 is 0 Å². The molecule has 0 saturated heterocycles. The first kappa shape index (κ1) is 18.1. The number of hydrogen-bond donors (Lipinski definition) is 1. The third-order valence-electron chi connectivity index (χ3n) is 4.96. The Balaban J connectivity index is 1.87. The van der Waals surface area contributed by atoms with Gasteiger partial charge in [0.05, 0.1) is 14.1 Å². The Labute approximate surface area is 165 Å². The molecule has 0 aliphatic carbocycles. The van der Waals surface area contributed by atoms with Crippen molar-refractivity contribution in [1.29, 1.82) is 0 Å². The Morgan fingerprint density at radius 1 is 0.679 bits per heavy atom. The highest BCUT2D eigenvalue weighted by Crippen LogP contribution is 2.28. The summed E-state index contributed by atoms with van der Waals surface area (Å²) in [4.78, 5) is 1.25. The third-order valence-corrected chi connectivity index (χ3v) is 4.96. The number of nitrogens with one attached hydrogen (secondary N) is 1. The maximum absolute atomic E-state index is 4.47. The summed E-state index contributed by atoms with van der Waals surface area (Å²) in [5.41, 5.74) is 3.50. The molecule has 28 heavy (non-hydrogen) atoms. The molecule has 4 rings (SSSR count). The van der Waals surface area contributed by atoms with Gasteiger partial charge >= 0.3 is 0 Å². The van der Waals surface area contributed by atoms with Crippen molar-refractivity contribution in [3.63, 3.8) is 0 Å². The summed E-state index contributed by atoms with van der Waals surface area (Å²) in [6.07, 6.45) is 0. The van der Waals surface area contributed by atoms with Gasteiger partial charge in [-0.25, -0.2) is 4.68 Å². The number of hydrogen-bond acceptors (Lipinski definition) is 3. The van der Waals surface area contributed by atoms with E-state index in [0.717, 1.165) is 17.0 Å². The van der Waals surface area contributed by atoms with Gasteiger partial charge in [-0.15, -0.1) is 5.10 Å². The topological polar surface area (TPSA) is 48.0 Å². The fourth-order valence-corrected chi connectivity index (χ4v) is 3.71. The van der Waals surface area contributed by atoms with E-state index in [1.54, 1.807) is 0 Å². The van der Waals surface area contributed by atoms with Crippen LogP contribution in [0.3, 0.4) is 0 Å². The van der Waals surface area contributed by atoms with E-state index in [0.29, 0.717) is 0 Å². The lowest BCUT2D eigenvalue weighted by atomic mass is 9.98. The van der Waals surface area contributed by atoms with Gasteiger partial charge in [-0.3, -0.25) is 0 Å². The molecule has 1 atom stereocenters. The average molecular weight is 370 g/mol. The third kappa shape index (κ3) is 3.57. The second-order valence-electron chi connectivity index (χ2n) is 7.13. The van der Waals surface area contributed by atoms with E-state index in [1.165, 1.54) is 10.5 Å². The normalized spacial score (nSPS) is 12.4. The molecule has 1 heterocycles. The van der Waals surface area contributed by atoms with Crippen molar-refractivity contribution in [2.75, 3.05) is 14.1 Å². The summed E-state index contributed by atoms with van der Waals surface area (Å²) < 4.78 is 1.97. The van der Waals surface area contributed by atoms with Crippen LogP contribution in [0.2, 0.25) is 0 Å². The average Bonchev–Trinajstić information content (AvgIpc) is 3.19. The molecule has 0 spiro atoms. The fraction of sp³-hybridized carbons (Fsp3) is 0.174. The van der Waals surface area contributed by atoms with Crippen LogP contribution in [0.4, 0.5) is 0 Å². The number of aromatic nitrogens is 4. The van der Waals surface area contributed by atoms with Crippen LogP contribution in [0.15, 0.2) is 91.0 Å². The van der Waals surface area contributed by atoms with Crippen molar-refractivity contribution in [3.8, 4) is 0 Å². The molecular weight excluding hydrogens is 346 g/mol. The highest BCUT2D eigenvalue weighted by Gasteiger charge is 2.31. The molecule has 140 valence electrons. The van der Waals surface area contributed by atoms with Crippen molar-refractivity contribution in [3.05, 3.63) is 114 Å². The van der Waals surface area contributed by atoms with Gasteiger partial charge in [0.25, 0.3) is 0 Å². The van der Waals surface area contributed by atoms with Crippen LogP contribution in [0.25, 0.3) is 0 Å². The minimum absolute atomic E-state index is 0.0334. The monoisotopic (exact) mass is 370 g/mol. The van der Waals surface area contributed by atoms with E-state index in [-0.39, 0.29) is 12.1 Å². The fourth-order valence-electron chi connectivity index (χ4n) is 3.71. The lowest BCUT2D eigenvalue weighted by molar-refractivity contribution is -0.886. The van der Waals surface area contributed by atoms with Gasteiger partial charge in [0.1, 0.15) is 6.04 Å². The van der Waals surface area contributed by atoms with Crippen LogP contribution < -0.4 is 4.90 Å². The lowest BCUT2D eigenvalue weighted by Gasteiger charge is -2.25. The smallest absolute Gasteiger partial charge is 0.215 e. The first-order valence-corrected chi connectivity index (χ1v) is 9.48. The summed E-state index contributed by atoms with van der Waals surface area (Å²) in [6.45, 7) is 0. The summed E-state index contributed by atoms with van der Waals surface area (Å²) in [7, 11) is 4.27. The number of quaternary nitrogens is 1. The number of tetrazole rings is 1. The van der Waals surface area contributed by atoms with Gasteiger partial charge in [-0.05, 0) is 21.6 Å². The molecule has 0 saturated carbocycles. The minimum atomic E-state index is -0.0852. The molecule has 0 radical (unpaired) electrons. The van der Waals surface area contributed by atoms with Gasteiger partial charge in [-0.2, -0.15) is 0 Å². The highest BCUT2D eigenvalue weighted by molar-refractivity contribution is 5.33. The first-order chi connectivity index (χ1) is 13.8. The molecule has 0 unspecified atom stereocenters. The number of rotatable bonds is 6. The van der Waals surface area contributed by atoms with Gasteiger partial charge in [-0.1, -0.05) is 91.0 Å². The Kier molecular flexibility index (Phi) is 5.26. The lowest BCUT2D eigenvalue weighted by Crippen LogP contribution is -3.06. The molecule has 0 aliphatic rings. The number of nitrogens with zero attached hydrogens (tertiary/aromatic N) is 4. The van der Waals surface area contributed by atoms with E-state index in [1.807, 2.05) is 22.9 Å². The van der Waals surface area contributed by atoms with Crippen molar-refractivity contribution in [2.45, 2.75) is 12.1 Å². The summed E-state index contributed by atoms with van der Waals surface area (Å²) in [6, 6.07) is 31.2. The van der Waals surface area contributed by atoms with Crippen LogP contribution in [-0.4, -0.2) is 34.3 Å². The van der Waals surface area contributed by atoms with Crippen molar-refractivity contribution in [2.24, 2.45) is 0 Å². The molecule has 0 bridgehead atoms. The van der Waals surface area contributed by atoms with Gasteiger partial charge in [0.2, 0.25) is 5.82 Å². The maximum atomic E-state index is 4.47. The molecule has 1 aromatic heterocycles. The SMILES string of the molecule is C[NH+](C)[C@H](c1ccccc1)c1nnnn1C(c1ccccc1)c1ccccc1. The molecular formula is C23H24N5+. The molecule has 5 heteroatoms. The molecule has 0 aliphatic heterocycles. The van der Waals surface area contributed by atoms with E-state index < -0.39 is 0 Å². The Morgan fingerprint density at radius 2 is 1.14 bits per heavy atom. The predicted octanol–water partition coefficient (Wildman–Crippen LogP) is 2.54. The summed E-state index contributed by atoms with van der Waals surface area (Å²) in [5.74, 6) is 0.851. The minimum Gasteiger partial charge on any atom is -0.327 e. The van der Waals surface area contributed by atoms with Gasteiger partial charge in [0.15, 0.2) is 6.04 Å². The molecule has 5 nitrogen and oxygen atoms in total. The van der Waals surface area contributed by atoms with E-state index in [9.17, 15) is 0 Å². The molecule has 1 N–H and O–H groups in total. The quantitative estimate of drug-likeness (QED) is 0.567. The van der Waals surface area contributed by atoms with Crippen molar-refractivity contribution in [1.82, 2.24) is 20.2 Å². The predicted molar refractivity (Wildman–Crippen MR) is 109 cm³/mol. The number of benzene rings is 3. The first-order valence-electron chi connectivity index (χ1n) is 9.48. The Morgan fingerprint density at radius 3 is 1.61 bits per heavy atom. The van der Waals surface area contributed by atoms with Gasteiger partial charge in [0, 0.05) is 5.56 Å². The Hall–Kier alpha value is -3.31. The zero-order chi connectivity index (χ0) is 19.3. The van der Waals surface area contributed by atoms with E-state index >= 15 is 0 Å². The van der Waals surface area contributed by atoms with Crippen LogP contribution in [0.1, 0.15) is 34.6 Å². The Bertz CT molecular complexity index is 957. The molecule has 3 aromatic carbocycles. The van der Waals surface area contributed by atoms with Gasteiger partial charge < -0.3 is 4.90 Å². The van der Waals surface area contributed by atoms with Crippen LogP contribution in [-0.2, 0) is 0 Å². The molecule has 4 aromatic rings. The molecule has 0 fully saturated rings. The zero-order valence-corrected chi connectivity index (χ0v) is 16.1. The second-order valence-corrected chi connectivity index (χ2v) is 7.13. The highest BCUT2D eigenvalue weighted by atomic mass is 15.6.